The number of hydrogen-bond donors (Lipinski definition) is 1. The molecule has 0 aromatic heterocycles. The van der Waals surface area contributed by atoms with E-state index in [9.17, 15) is 4.39 Å². The Balaban J connectivity index is 1.92. The first-order chi connectivity index (χ1) is 10.2. The molecule has 1 fully saturated rings. The molecule has 1 aromatic rings. The van der Waals surface area contributed by atoms with Gasteiger partial charge < -0.3 is 9.84 Å². The van der Waals surface area contributed by atoms with Gasteiger partial charge in [-0.2, -0.15) is 0 Å². The molecule has 0 atom stereocenters. The van der Waals surface area contributed by atoms with Gasteiger partial charge in [-0.1, -0.05) is 17.9 Å². The van der Waals surface area contributed by atoms with Crippen molar-refractivity contribution in [3.8, 4) is 11.8 Å². The second-order valence-electron chi connectivity index (χ2n) is 5.44. The first kappa shape index (κ1) is 16.0. The fourth-order valence-corrected chi connectivity index (χ4v) is 2.68. The van der Waals surface area contributed by atoms with E-state index in [0.29, 0.717) is 23.6 Å². The normalized spacial score (nSPS) is 16.5. The third-order valence-electron chi connectivity index (χ3n) is 3.87. The van der Waals surface area contributed by atoms with E-state index in [2.05, 4.69) is 16.7 Å². The molecule has 0 saturated carbocycles. The maximum Gasteiger partial charge on any atom is 0.128 e. The highest BCUT2D eigenvalue weighted by molar-refractivity contribution is 5.37. The van der Waals surface area contributed by atoms with E-state index in [1.807, 2.05) is 0 Å². The molecule has 2 rings (SSSR count). The smallest absolute Gasteiger partial charge is 0.128 e. The number of halogens is 1. The van der Waals surface area contributed by atoms with Gasteiger partial charge in [0.1, 0.15) is 12.4 Å². The number of nitrogens with zero attached hydrogens (tertiary/aromatic N) is 1. The van der Waals surface area contributed by atoms with Crippen LogP contribution in [-0.4, -0.2) is 43.4 Å². The van der Waals surface area contributed by atoms with E-state index < -0.39 is 0 Å². The lowest BCUT2D eigenvalue weighted by Crippen LogP contribution is -2.34. The van der Waals surface area contributed by atoms with Crippen molar-refractivity contribution in [3.05, 3.63) is 35.1 Å². The summed E-state index contributed by atoms with van der Waals surface area (Å²) in [6.45, 7) is 3.22. The van der Waals surface area contributed by atoms with E-state index in [-0.39, 0.29) is 12.4 Å². The first-order valence-electron chi connectivity index (χ1n) is 7.32. The van der Waals surface area contributed by atoms with E-state index >= 15 is 0 Å². The molecule has 0 bridgehead atoms. The molecule has 114 valence electrons. The second kappa shape index (κ2) is 8.14. The lowest BCUT2D eigenvalue weighted by atomic mass is 9.97. The minimum atomic E-state index is -0.223. The monoisotopic (exact) mass is 291 g/mol. The van der Waals surface area contributed by atoms with Crippen LogP contribution in [0.5, 0.6) is 0 Å². The summed E-state index contributed by atoms with van der Waals surface area (Å²) in [6.07, 6.45) is 2.21. The van der Waals surface area contributed by atoms with Gasteiger partial charge >= 0.3 is 0 Å². The number of methoxy groups -OCH3 is 1. The van der Waals surface area contributed by atoms with E-state index in [0.717, 1.165) is 32.5 Å². The van der Waals surface area contributed by atoms with Gasteiger partial charge in [0.05, 0.1) is 0 Å². The Bertz CT molecular complexity index is 513. The van der Waals surface area contributed by atoms with E-state index in [1.54, 1.807) is 19.2 Å². The van der Waals surface area contributed by atoms with Gasteiger partial charge in [-0.15, -0.1) is 0 Å². The number of benzene rings is 1. The van der Waals surface area contributed by atoms with Gasteiger partial charge in [0.2, 0.25) is 0 Å². The molecule has 21 heavy (non-hydrogen) atoms. The number of ether oxygens (including phenoxy) is 1. The quantitative estimate of drug-likeness (QED) is 0.862. The predicted molar refractivity (Wildman–Crippen MR) is 80.2 cm³/mol. The van der Waals surface area contributed by atoms with Crippen molar-refractivity contribution in [2.24, 2.45) is 5.92 Å². The van der Waals surface area contributed by atoms with Gasteiger partial charge in [-0.3, -0.25) is 4.90 Å². The van der Waals surface area contributed by atoms with Gasteiger partial charge in [0.15, 0.2) is 0 Å². The van der Waals surface area contributed by atoms with Crippen LogP contribution in [0.25, 0.3) is 0 Å². The molecule has 1 aliphatic heterocycles. The topological polar surface area (TPSA) is 32.7 Å². The molecular weight excluding hydrogens is 269 g/mol. The molecule has 1 N–H and O–H groups in total. The second-order valence-corrected chi connectivity index (χ2v) is 5.44. The van der Waals surface area contributed by atoms with Gasteiger partial charge in [0, 0.05) is 31.4 Å². The third-order valence-corrected chi connectivity index (χ3v) is 3.87. The Kier molecular flexibility index (Phi) is 6.19. The van der Waals surface area contributed by atoms with Crippen molar-refractivity contribution >= 4 is 0 Å². The summed E-state index contributed by atoms with van der Waals surface area (Å²) in [6, 6.07) is 5.03. The maximum absolute atomic E-state index is 14.1. The third kappa shape index (κ3) is 4.82. The minimum absolute atomic E-state index is 0.209. The molecule has 3 nitrogen and oxygen atoms in total. The highest BCUT2D eigenvalue weighted by Gasteiger charge is 2.19. The first-order valence-corrected chi connectivity index (χ1v) is 7.32. The summed E-state index contributed by atoms with van der Waals surface area (Å²) < 4.78 is 19.2. The number of aliphatic hydroxyl groups excluding tert-OH is 1. The molecule has 0 aliphatic carbocycles. The maximum atomic E-state index is 14.1. The number of hydrogen-bond acceptors (Lipinski definition) is 3. The fourth-order valence-electron chi connectivity index (χ4n) is 2.68. The predicted octanol–water partition coefficient (Wildman–Crippen LogP) is 2.03. The van der Waals surface area contributed by atoms with Crippen molar-refractivity contribution in [1.29, 1.82) is 0 Å². The SMILES string of the molecule is COCC1CCN(Cc2ccc(C#CCO)cc2F)CC1. The van der Waals surface area contributed by atoms with Gasteiger partial charge in [0.25, 0.3) is 0 Å². The summed E-state index contributed by atoms with van der Waals surface area (Å²) in [5.74, 6) is 5.65. The Hall–Kier alpha value is -1.41. The van der Waals surface area contributed by atoms with Crippen LogP contribution in [0.4, 0.5) is 4.39 Å². The van der Waals surface area contributed by atoms with Crippen LogP contribution >= 0.6 is 0 Å². The van der Waals surface area contributed by atoms with Gasteiger partial charge in [-0.25, -0.2) is 4.39 Å². The summed E-state index contributed by atoms with van der Waals surface area (Å²) in [5, 5.41) is 8.64. The Morgan fingerprint density at radius 2 is 2.14 bits per heavy atom. The van der Waals surface area contributed by atoms with Crippen LogP contribution in [-0.2, 0) is 11.3 Å². The van der Waals surface area contributed by atoms with Crippen molar-refractivity contribution in [3.63, 3.8) is 0 Å². The molecule has 0 radical (unpaired) electrons. The zero-order valence-electron chi connectivity index (χ0n) is 12.4. The Morgan fingerprint density at radius 1 is 1.38 bits per heavy atom. The molecule has 4 heteroatoms. The molecule has 1 heterocycles. The zero-order valence-corrected chi connectivity index (χ0v) is 12.4. The number of likely N-dealkylation sites (tertiary alicyclic amines) is 1. The van der Waals surface area contributed by atoms with Crippen molar-refractivity contribution < 1.29 is 14.2 Å². The lowest BCUT2D eigenvalue weighted by molar-refractivity contribution is 0.0964. The molecular formula is C17H22FNO2. The van der Waals surface area contributed by atoms with Crippen LogP contribution in [0.1, 0.15) is 24.0 Å². The number of piperidine rings is 1. The molecule has 0 unspecified atom stereocenters. The molecule has 1 aromatic carbocycles. The minimum Gasteiger partial charge on any atom is -0.384 e. The molecule has 0 amide bonds. The van der Waals surface area contributed by atoms with Crippen LogP contribution in [0.3, 0.4) is 0 Å². The van der Waals surface area contributed by atoms with Crippen molar-refractivity contribution in [2.75, 3.05) is 33.4 Å². The van der Waals surface area contributed by atoms with Crippen LogP contribution in [0.2, 0.25) is 0 Å². The summed E-state index contributed by atoms with van der Waals surface area (Å²) in [5.41, 5.74) is 1.30. The largest absolute Gasteiger partial charge is 0.384 e. The van der Waals surface area contributed by atoms with Crippen LogP contribution < -0.4 is 0 Å². The highest BCUT2D eigenvalue weighted by atomic mass is 19.1. The standard InChI is InChI=1S/C17H22FNO2/c1-21-13-15-6-8-19(9-7-15)12-16-5-4-14(3-2-10-20)11-17(16)18/h4-5,11,15,20H,6-10,12-13H2,1H3. The van der Waals surface area contributed by atoms with Crippen molar-refractivity contribution in [2.45, 2.75) is 19.4 Å². The number of rotatable bonds is 4. The Labute approximate surface area is 125 Å². The summed E-state index contributed by atoms with van der Waals surface area (Å²) in [4.78, 5) is 2.28. The number of aliphatic hydroxyl groups is 1. The van der Waals surface area contributed by atoms with E-state index in [1.165, 1.54) is 6.07 Å². The average Bonchev–Trinajstić information content (AvgIpc) is 2.50. The molecule has 0 spiro atoms. The van der Waals surface area contributed by atoms with Crippen LogP contribution in [0, 0.1) is 23.6 Å². The summed E-state index contributed by atoms with van der Waals surface area (Å²) in [7, 11) is 1.74. The highest BCUT2D eigenvalue weighted by Crippen LogP contribution is 2.20. The van der Waals surface area contributed by atoms with Crippen LogP contribution in [0.15, 0.2) is 18.2 Å². The van der Waals surface area contributed by atoms with E-state index in [4.69, 9.17) is 9.84 Å². The van der Waals surface area contributed by atoms with Crippen molar-refractivity contribution in [1.82, 2.24) is 4.90 Å². The van der Waals surface area contributed by atoms with Gasteiger partial charge in [-0.05, 0) is 44.0 Å². The summed E-state index contributed by atoms with van der Waals surface area (Å²) >= 11 is 0. The fraction of sp³-hybridized carbons (Fsp3) is 0.529. The molecule has 1 saturated heterocycles. The Morgan fingerprint density at radius 3 is 2.76 bits per heavy atom. The zero-order chi connectivity index (χ0) is 15.1. The molecule has 1 aliphatic rings. The lowest BCUT2D eigenvalue weighted by Gasteiger charge is -2.31. The average molecular weight is 291 g/mol.